The fraction of sp³-hybridized carbons (Fsp3) is 0.158. The highest BCUT2D eigenvalue weighted by Crippen LogP contribution is 2.23. The normalized spacial score (nSPS) is 10.7. The number of amides is 1. The topological polar surface area (TPSA) is 59.3 Å². The van der Waals surface area contributed by atoms with E-state index in [1.165, 1.54) is 6.92 Å². The van der Waals surface area contributed by atoms with Crippen molar-refractivity contribution in [2.24, 2.45) is 0 Å². The summed E-state index contributed by atoms with van der Waals surface area (Å²) in [4.78, 5) is 23.9. The minimum absolute atomic E-state index is 0.0786. The molecular formula is C19H17NO3. The molecule has 4 heteroatoms. The Balaban J connectivity index is 1.81. The van der Waals surface area contributed by atoms with Crippen LogP contribution in [-0.2, 0) is 11.2 Å². The Bertz CT molecular complexity index is 893. The number of fused-ring (bicyclic) bond motifs is 1. The molecule has 3 rings (SSSR count). The van der Waals surface area contributed by atoms with Crippen molar-refractivity contribution in [2.45, 2.75) is 20.3 Å². The number of ketones is 1. The first-order valence-electron chi connectivity index (χ1n) is 7.41. The number of anilines is 1. The van der Waals surface area contributed by atoms with E-state index in [1.807, 2.05) is 25.1 Å². The van der Waals surface area contributed by atoms with Gasteiger partial charge in [-0.15, -0.1) is 0 Å². The molecule has 0 saturated carbocycles. The maximum Gasteiger partial charge on any atom is 0.228 e. The van der Waals surface area contributed by atoms with Crippen LogP contribution in [-0.4, -0.2) is 11.7 Å². The van der Waals surface area contributed by atoms with Crippen molar-refractivity contribution in [1.29, 1.82) is 0 Å². The number of Topliss-reactive ketones (excluding diaryl/α,β-unsaturated/α-hetero) is 1. The van der Waals surface area contributed by atoms with Crippen molar-refractivity contribution >= 4 is 28.3 Å². The molecule has 23 heavy (non-hydrogen) atoms. The lowest BCUT2D eigenvalue weighted by molar-refractivity contribution is -0.115. The fourth-order valence-electron chi connectivity index (χ4n) is 2.59. The highest BCUT2D eigenvalue weighted by atomic mass is 16.3. The first-order valence-corrected chi connectivity index (χ1v) is 7.41. The summed E-state index contributed by atoms with van der Waals surface area (Å²) >= 11 is 0. The minimum Gasteiger partial charge on any atom is -0.464 e. The van der Waals surface area contributed by atoms with Crippen molar-refractivity contribution in [3.8, 4) is 0 Å². The lowest BCUT2D eigenvalue weighted by Crippen LogP contribution is -2.16. The van der Waals surface area contributed by atoms with Crippen LogP contribution in [0.25, 0.3) is 11.0 Å². The van der Waals surface area contributed by atoms with Gasteiger partial charge in [-0.05, 0) is 37.6 Å². The molecule has 0 radical (unpaired) electrons. The number of carbonyl (C=O) groups excluding carboxylic acids is 2. The average Bonchev–Trinajstić information content (AvgIpc) is 2.89. The van der Waals surface area contributed by atoms with Crippen LogP contribution in [0.2, 0.25) is 0 Å². The van der Waals surface area contributed by atoms with Crippen molar-refractivity contribution in [3.05, 3.63) is 65.4 Å². The van der Waals surface area contributed by atoms with E-state index < -0.39 is 0 Å². The number of hydrogen-bond donors (Lipinski definition) is 1. The lowest BCUT2D eigenvalue weighted by Gasteiger charge is -2.08. The molecule has 1 heterocycles. The number of hydrogen-bond acceptors (Lipinski definition) is 3. The van der Waals surface area contributed by atoms with Gasteiger partial charge in [0.25, 0.3) is 0 Å². The van der Waals surface area contributed by atoms with Gasteiger partial charge in [0, 0.05) is 16.5 Å². The maximum absolute atomic E-state index is 12.3. The molecule has 2 aromatic carbocycles. The van der Waals surface area contributed by atoms with E-state index in [4.69, 9.17) is 4.42 Å². The van der Waals surface area contributed by atoms with E-state index in [0.29, 0.717) is 11.3 Å². The van der Waals surface area contributed by atoms with E-state index in [-0.39, 0.29) is 18.1 Å². The highest BCUT2D eigenvalue weighted by molar-refractivity contribution is 6.04. The Morgan fingerprint density at radius 3 is 2.70 bits per heavy atom. The maximum atomic E-state index is 12.3. The van der Waals surface area contributed by atoms with Crippen LogP contribution < -0.4 is 5.32 Å². The fourth-order valence-corrected chi connectivity index (χ4v) is 2.59. The smallest absolute Gasteiger partial charge is 0.228 e. The van der Waals surface area contributed by atoms with Gasteiger partial charge < -0.3 is 9.73 Å². The molecule has 3 aromatic rings. The van der Waals surface area contributed by atoms with Crippen LogP contribution in [0.4, 0.5) is 5.69 Å². The molecule has 1 aromatic heterocycles. The van der Waals surface area contributed by atoms with Crippen LogP contribution in [0, 0.1) is 6.92 Å². The predicted octanol–water partition coefficient (Wildman–Crippen LogP) is 4.13. The van der Waals surface area contributed by atoms with E-state index in [2.05, 4.69) is 5.32 Å². The van der Waals surface area contributed by atoms with Crippen molar-refractivity contribution in [3.63, 3.8) is 0 Å². The molecule has 0 atom stereocenters. The zero-order chi connectivity index (χ0) is 16.4. The van der Waals surface area contributed by atoms with Crippen molar-refractivity contribution in [1.82, 2.24) is 0 Å². The van der Waals surface area contributed by atoms with Gasteiger partial charge in [-0.3, -0.25) is 9.59 Å². The van der Waals surface area contributed by atoms with Gasteiger partial charge in [0.1, 0.15) is 5.58 Å². The van der Waals surface area contributed by atoms with Crippen molar-refractivity contribution in [2.75, 3.05) is 5.32 Å². The number of furan rings is 1. The minimum atomic E-state index is -0.179. The van der Waals surface area contributed by atoms with Gasteiger partial charge in [0.05, 0.1) is 18.4 Å². The second kappa shape index (κ2) is 6.08. The molecule has 0 aliphatic carbocycles. The van der Waals surface area contributed by atoms with Crippen LogP contribution in [0.3, 0.4) is 0 Å². The molecule has 1 N–H and O–H groups in total. The Hall–Kier alpha value is -2.88. The molecule has 0 saturated heterocycles. The Labute approximate surface area is 134 Å². The van der Waals surface area contributed by atoms with Gasteiger partial charge in [0.15, 0.2) is 5.78 Å². The monoisotopic (exact) mass is 307 g/mol. The summed E-state index contributed by atoms with van der Waals surface area (Å²) < 4.78 is 5.51. The second-order valence-corrected chi connectivity index (χ2v) is 5.59. The third-order valence-corrected chi connectivity index (χ3v) is 3.74. The summed E-state index contributed by atoms with van der Waals surface area (Å²) in [6, 6.07) is 12.9. The standard InChI is InChI=1S/C19H17NO3/c1-12-7-8-16-14(11-23-18(16)9-12)10-19(22)20-17-6-4-3-5-15(17)13(2)21/h3-9,11H,10H2,1-2H3,(H,20,22). The SMILES string of the molecule is CC(=O)c1ccccc1NC(=O)Cc1coc2cc(C)ccc12. The number of benzene rings is 2. The molecule has 0 fully saturated rings. The molecule has 0 unspecified atom stereocenters. The summed E-state index contributed by atoms with van der Waals surface area (Å²) in [5.74, 6) is -0.257. The first-order chi connectivity index (χ1) is 11.0. The van der Waals surface area contributed by atoms with Crippen molar-refractivity contribution < 1.29 is 14.0 Å². The van der Waals surface area contributed by atoms with Gasteiger partial charge in [-0.1, -0.05) is 24.3 Å². The second-order valence-electron chi connectivity index (χ2n) is 5.59. The van der Waals surface area contributed by atoms with E-state index in [1.54, 1.807) is 30.5 Å². The number of rotatable bonds is 4. The quantitative estimate of drug-likeness (QED) is 0.737. The van der Waals surface area contributed by atoms with Gasteiger partial charge in [-0.25, -0.2) is 0 Å². The molecule has 4 nitrogen and oxygen atoms in total. The molecule has 0 aliphatic heterocycles. The van der Waals surface area contributed by atoms with Crippen LogP contribution in [0.15, 0.2) is 53.1 Å². The summed E-state index contributed by atoms with van der Waals surface area (Å²) in [6.07, 6.45) is 1.81. The number of carbonyl (C=O) groups is 2. The van der Waals surface area contributed by atoms with E-state index in [0.717, 1.165) is 22.1 Å². The summed E-state index contributed by atoms with van der Waals surface area (Å²) in [7, 11) is 0. The van der Waals surface area contributed by atoms with Crippen LogP contribution in [0.5, 0.6) is 0 Å². The van der Waals surface area contributed by atoms with E-state index in [9.17, 15) is 9.59 Å². The molecule has 1 amide bonds. The van der Waals surface area contributed by atoms with Gasteiger partial charge in [0.2, 0.25) is 5.91 Å². The van der Waals surface area contributed by atoms with Crippen LogP contribution >= 0.6 is 0 Å². The lowest BCUT2D eigenvalue weighted by atomic mass is 10.1. The number of para-hydroxylation sites is 1. The molecule has 0 aliphatic rings. The first kappa shape index (κ1) is 15.0. The van der Waals surface area contributed by atoms with Gasteiger partial charge in [-0.2, -0.15) is 0 Å². The molecule has 116 valence electrons. The van der Waals surface area contributed by atoms with Crippen LogP contribution in [0.1, 0.15) is 28.4 Å². The molecular weight excluding hydrogens is 290 g/mol. The average molecular weight is 307 g/mol. The molecule has 0 bridgehead atoms. The number of aryl methyl sites for hydroxylation is 1. The summed E-state index contributed by atoms with van der Waals surface area (Å²) in [6.45, 7) is 3.48. The molecule has 0 spiro atoms. The Morgan fingerprint density at radius 1 is 1.13 bits per heavy atom. The third-order valence-electron chi connectivity index (χ3n) is 3.74. The highest BCUT2D eigenvalue weighted by Gasteiger charge is 2.13. The third kappa shape index (κ3) is 3.16. The Kier molecular flexibility index (Phi) is 3.98. The Morgan fingerprint density at radius 2 is 1.91 bits per heavy atom. The summed E-state index contributed by atoms with van der Waals surface area (Å²) in [5, 5.41) is 3.74. The summed E-state index contributed by atoms with van der Waals surface area (Å²) in [5.41, 5.74) is 3.76. The zero-order valence-corrected chi connectivity index (χ0v) is 13.1. The van der Waals surface area contributed by atoms with E-state index >= 15 is 0 Å². The number of nitrogens with one attached hydrogen (secondary N) is 1. The van der Waals surface area contributed by atoms with Gasteiger partial charge >= 0.3 is 0 Å². The largest absolute Gasteiger partial charge is 0.464 e. The zero-order valence-electron chi connectivity index (χ0n) is 13.1. The predicted molar refractivity (Wildman–Crippen MR) is 89.7 cm³/mol.